The molecule has 1 aromatic rings. The third-order valence-corrected chi connectivity index (χ3v) is 3.51. The number of carbonyl (C=O) groups is 1. The van der Waals surface area contributed by atoms with Gasteiger partial charge in [-0.15, -0.1) is 0 Å². The van der Waals surface area contributed by atoms with Crippen molar-refractivity contribution in [2.75, 3.05) is 25.1 Å². The Balaban J connectivity index is 1.80. The predicted molar refractivity (Wildman–Crippen MR) is 87.2 cm³/mol. The van der Waals surface area contributed by atoms with Gasteiger partial charge >= 0.3 is 0 Å². The molecule has 1 aromatic carbocycles. The van der Waals surface area contributed by atoms with Crippen molar-refractivity contribution in [1.82, 2.24) is 5.32 Å². The van der Waals surface area contributed by atoms with E-state index in [1.54, 1.807) is 0 Å². The number of benzene rings is 1. The summed E-state index contributed by atoms with van der Waals surface area (Å²) >= 11 is 0. The third kappa shape index (κ3) is 5.22. The number of anilines is 1. The van der Waals surface area contributed by atoms with Crippen LogP contribution in [0, 0.1) is 5.92 Å². The molecule has 0 aromatic heterocycles. The van der Waals surface area contributed by atoms with E-state index >= 15 is 0 Å². The Kier molecular flexibility index (Phi) is 6.07. The second-order valence-electron chi connectivity index (χ2n) is 6.13. The van der Waals surface area contributed by atoms with Gasteiger partial charge in [0, 0.05) is 18.7 Å². The summed E-state index contributed by atoms with van der Waals surface area (Å²) in [7, 11) is 0. The van der Waals surface area contributed by atoms with Crippen LogP contribution < -0.4 is 15.4 Å². The van der Waals surface area contributed by atoms with Gasteiger partial charge in [0.2, 0.25) is 5.91 Å². The van der Waals surface area contributed by atoms with Crippen molar-refractivity contribution in [2.45, 2.75) is 39.3 Å². The molecule has 22 heavy (non-hydrogen) atoms. The zero-order valence-corrected chi connectivity index (χ0v) is 13.6. The Morgan fingerprint density at radius 3 is 2.64 bits per heavy atom. The number of rotatable bonds is 7. The summed E-state index contributed by atoms with van der Waals surface area (Å²) in [4.78, 5) is 11.9. The van der Waals surface area contributed by atoms with E-state index in [0.29, 0.717) is 19.1 Å². The maximum absolute atomic E-state index is 11.9. The lowest BCUT2D eigenvalue weighted by Gasteiger charge is -2.17. The van der Waals surface area contributed by atoms with E-state index in [1.807, 2.05) is 31.2 Å². The molecule has 1 fully saturated rings. The van der Waals surface area contributed by atoms with Gasteiger partial charge in [-0.1, -0.05) is 13.8 Å². The van der Waals surface area contributed by atoms with Gasteiger partial charge in [-0.2, -0.15) is 0 Å². The van der Waals surface area contributed by atoms with Crippen LogP contribution in [0.1, 0.15) is 27.2 Å². The van der Waals surface area contributed by atoms with Gasteiger partial charge in [-0.25, -0.2) is 0 Å². The lowest BCUT2D eigenvalue weighted by Crippen LogP contribution is -2.39. The van der Waals surface area contributed by atoms with Crippen LogP contribution in [0.15, 0.2) is 24.3 Å². The van der Waals surface area contributed by atoms with Crippen LogP contribution in [0.2, 0.25) is 0 Å². The van der Waals surface area contributed by atoms with Gasteiger partial charge in [-0.05, 0) is 37.1 Å². The average molecular weight is 306 g/mol. The van der Waals surface area contributed by atoms with Crippen LogP contribution in [-0.2, 0) is 9.53 Å². The molecule has 0 spiro atoms. The minimum absolute atomic E-state index is 0.0112. The molecule has 2 unspecified atom stereocenters. The van der Waals surface area contributed by atoms with Crippen molar-refractivity contribution in [2.24, 2.45) is 5.92 Å². The molecule has 2 atom stereocenters. The largest absolute Gasteiger partial charge is 0.488 e. The van der Waals surface area contributed by atoms with E-state index in [0.717, 1.165) is 24.5 Å². The topological polar surface area (TPSA) is 59.6 Å². The smallest absolute Gasteiger partial charge is 0.242 e. The molecule has 1 aliphatic heterocycles. The number of hydrogen-bond acceptors (Lipinski definition) is 4. The van der Waals surface area contributed by atoms with Crippen molar-refractivity contribution in [1.29, 1.82) is 0 Å². The summed E-state index contributed by atoms with van der Waals surface area (Å²) < 4.78 is 11.1. The highest BCUT2D eigenvalue weighted by atomic mass is 16.5. The van der Waals surface area contributed by atoms with Crippen LogP contribution in [0.3, 0.4) is 0 Å². The minimum Gasteiger partial charge on any atom is -0.488 e. The molecule has 5 nitrogen and oxygen atoms in total. The Morgan fingerprint density at radius 1 is 1.32 bits per heavy atom. The average Bonchev–Trinajstić information content (AvgIpc) is 2.99. The fraction of sp³-hybridized carbons (Fsp3) is 0.588. The number of ether oxygens (including phenoxy) is 2. The quantitative estimate of drug-likeness (QED) is 0.812. The first kappa shape index (κ1) is 16.6. The van der Waals surface area contributed by atoms with Gasteiger partial charge < -0.3 is 20.1 Å². The molecule has 122 valence electrons. The monoisotopic (exact) mass is 306 g/mol. The number of amides is 1. The third-order valence-electron chi connectivity index (χ3n) is 3.51. The number of hydrogen-bond donors (Lipinski definition) is 2. The van der Waals surface area contributed by atoms with Gasteiger partial charge in [0.15, 0.2) is 0 Å². The molecule has 1 saturated heterocycles. The predicted octanol–water partition coefficient (Wildman–Crippen LogP) is 2.43. The Morgan fingerprint density at radius 2 is 2.05 bits per heavy atom. The molecule has 2 rings (SSSR count). The summed E-state index contributed by atoms with van der Waals surface area (Å²) in [5.74, 6) is 1.29. The fourth-order valence-corrected chi connectivity index (χ4v) is 2.20. The maximum atomic E-state index is 11.9. The first-order valence-corrected chi connectivity index (χ1v) is 7.93. The molecule has 0 aliphatic carbocycles. The van der Waals surface area contributed by atoms with E-state index in [2.05, 4.69) is 24.5 Å². The highest BCUT2D eigenvalue weighted by Crippen LogP contribution is 2.20. The van der Waals surface area contributed by atoms with Gasteiger partial charge in [-0.3, -0.25) is 4.79 Å². The molecular formula is C17H26N2O3. The highest BCUT2D eigenvalue weighted by Gasteiger charge is 2.17. The van der Waals surface area contributed by atoms with Crippen LogP contribution in [0.5, 0.6) is 5.75 Å². The molecule has 1 heterocycles. The Bertz CT molecular complexity index is 467. The van der Waals surface area contributed by atoms with Crippen molar-refractivity contribution >= 4 is 11.6 Å². The van der Waals surface area contributed by atoms with Crippen molar-refractivity contribution in [3.63, 3.8) is 0 Å². The zero-order valence-electron chi connectivity index (χ0n) is 13.6. The normalized spacial score (nSPS) is 19.0. The first-order chi connectivity index (χ1) is 10.5. The van der Waals surface area contributed by atoms with Crippen molar-refractivity contribution in [3.05, 3.63) is 24.3 Å². The van der Waals surface area contributed by atoms with E-state index in [1.165, 1.54) is 0 Å². The second kappa shape index (κ2) is 8.03. The summed E-state index contributed by atoms with van der Waals surface area (Å²) in [5, 5.41) is 6.12. The van der Waals surface area contributed by atoms with Crippen LogP contribution in [0.25, 0.3) is 0 Å². The maximum Gasteiger partial charge on any atom is 0.242 e. The Labute approximate surface area is 132 Å². The number of carbonyl (C=O) groups excluding carboxylic acids is 1. The SMILES string of the molecule is CC(C)CNC(=O)C(C)Nc1ccc(OC2CCOC2)cc1. The van der Waals surface area contributed by atoms with Gasteiger partial charge in [0.1, 0.15) is 17.9 Å². The van der Waals surface area contributed by atoms with Gasteiger partial charge in [0.25, 0.3) is 0 Å². The lowest BCUT2D eigenvalue weighted by molar-refractivity contribution is -0.121. The molecule has 2 N–H and O–H groups in total. The molecule has 0 radical (unpaired) electrons. The van der Waals surface area contributed by atoms with Gasteiger partial charge in [0.05, 0.1) is 13.2 Å². The number of nitrogens with one attached hydrogen (secondary N) is 2. The lowest BCUT2D eigenvalue weighted by atomic mass is 10.2. The molecule has 0 saturated carbocycles. The van der Waals surface area contributed by atoms with Crippen molar-refractivity contribution < 1.29 is 14.3 Å². The molecule has 0 bridgehead atoms. The highest BCUT2D eigenvalue weighted by molar-refractivity contribution is 5.84. The van der Waals surface area contributed by atoms with Crippen LogP contribution in [0.4, 0.5) is 5.69 Å². The summed E-state index contributed by atoms with van der Waals surface area (Å²) in [6, 6.07) is 7.42. The van der Waals surface area contributed by atoms with E-state index in [9.17, 15) is 4.79 Å². The minimum atomic E-state index is -0.270. The molecular weight excluding hydrogens is 280 g/mol. The van der Waals surface area contributed by atoms with Crippen LogP contribution >= 0.6 is 0 Å². The summed E-state index contributed by atoms with van der Waals surface area (Å²) in [6.45, 7) is 8.14. The molecule has 1 aliphatic rings. The fourth-order valence-electron chi connectivity index (χ4n) is 2.20. The Hall–Kier alpha value is -1.75. The summed E-state index contributed by atoms with van der Waals surface area (Å²) in [6.07, 6.45) is 1.09. The summed E-state index contributed by atoms with van der Waals surface area (Å²) in [5.41, 5.74) is 0.905. The van der Waals surface area contributed by atoms with E-state index < -0.39 is 0 Å². The van der Waals surface area contributed by atoms with Crippen molar-refractivity contribution in [3.8, 4) is 5.75 Å². The second-order valence-corrected chi connectivity index (χ2v) is 6.13. The van der Waals surface area contributed by atoms with E-state index in [4.69, 9.17) is 9.47 Å². The van der Waals surface area contributed by atoms with E-state index in [-0.39, 0.29) is 18.1 Å². The van der Waals surface area contributed by atoms with Crippen LogP contribution in [-0.4, -0.2) is 37.8 Å². The molecule has 5 heteroatoms. The standard InChI is InChI=1S/C17H26N2O3/c1-12(2)10-18-17(20)13(3)19-14-4-6-15(7-5-14)22-16-8-9-21-11-16/h4-7,12-13,16,19H,8-11H2,1-3H3,(H,18,20). The zero-order chi connectivity index (χ0) is 15.9. The first-order valence-electron chi connectivity index (χ1n) is 7.93. The molecule has 1 amide bonds.